The first-order valence-electron chi connectivity index (χ1n) is 7.42. The molecule has 6 nitrogen and oxygen atoms in total. The minimum atomic E-state index is -0.840. The molecule has 1 aromatic rings. The number of anilines is 1. The maximum atomic E-state index is 12.0. The zero-order valence-corrected chi connectivity index (χ0v) is 12.8. The molecule has 0 aliphatic carbocycles. The zero-order valence-electron chi connectivity index (χ0n) is 12.8. The third-order valence-corrected chi connectivity index (χ3v) is 3.49. The molecular formula is C16H20N2O4. The van der Waals surface area contributed by atoms with E-state index in [0.29, 0.717) is 25.1 Å². The van der Waals surface area contributed by atoms with Gasteiger partial charge in [-0.1, -0.05) is 0 Å². The van der Waals surface area contributed by atoms with E-state index in [9.17, 15) is 14.4 Å². The van der Waals surface area contributed by atoms with Gasteiger partial charge in [-0.15, -0.1) is 0 Å². The quantitative estimate of drug-likeness (QED) is 0.836. The lowest BCUT2D eigenvalue weighted by atomic mass is 10.2. The van der Waals surface area contributed by atoms with Gasteiger partial charge >= 0.3 is 5.97 Å². The van der Waals surface area contributed by atoms with Crippen molar-refractivity contribution in [1.29, 1.82) is 0 Å². The molecule has 0 unspecified atom stereocenters. The van der Waals surface area contributed by atoms with Crippen LogP contribution in [0, 0.1) is 0 Å². The molecule has 22 heavy (non-hydrogen) atoms. The Bertz CT molecular complexity index is 568. The number of esters is 1. The molecule has 1 atom stereocenters. The first-order chi connectivity index (χ1) is 10.5. The van der Waals surface area contributed by atoms with Crippen molar-refractivity contribution in [3.8, 4) is 0 Å². The lowest BCUT2D eigenvalue weighted by Crippen LogP contribution is -2.35. The number of carbonyl (C=O) groups excluding carboxylic acids is 3. The predicted molar refractivity (Wildman–Crippen MR) is 81.6 cm³/mol. The number of nitrogens with zero attached hydrogens (tertiary/aromatic N) is 1. The van der Waals surface area contributed by atoms with Gasteiger partial charge < -0.3 is 15.0 Å². The van der Waals surface area contributed by atoms with Gasteiger partial charge in [0.1, 0.15) is 0 Å². The summed E-state index contributed by atoms with van der Waals surface area (Å²) in [6.07, 6.45) is 0.577. The zero-order chi connectivity index (χ0) is 16.1. The topological polar surface area (TPSA) is 75.7 Å². The minimum Gasteiger partial charge on any atom is -0.449 e. The molecule has 118 valence electrons. The SMILES string of the molecule is CCNC(=O)[C@@H](C)OC(=O)c1ccc(N2CCCC2=O)cc1. The molecule has 0 bridgehead atoms. The van der Waals surface area contributed by atoms with E-state index in [-0.39, 0.29) is 11.8 Å². The van der Waals surface area contributed by atoms with Crippen LogP contribution in [0.5, 0.6) is 0 Å². The van der Waals surface area contributed by atoms with Crippen molar-refractivity contribution in [3.63, 3.8) is 0 Å². The lowest BCUT2D eigenvalue weighted by Gasteiger charge is -2.16. The number of benzene rings is 1. The van der Waals surface area contributed by atoms with Crippen molar-refractivity contribution in [1.82, 2.24) is 5.32 Å². The standard InChI is InChI=1S/C16H20N2O4/c1-3-17-15(20)11(2)22-16(21)12-6-8-13(9-7-12)18-10-4-5-14(18)19/h6-9,11H,3-5,10H2,1-2H3,(H,17,20)/t11-/m1/s1. The van der Waals surface area contributed by atoms with Crippen LogP contribution in [0.1, 0.15) is 37.0 Å². The Kier molecular flexibility index (Phi) is 5.14. The van der Waals surface area contributed by atoms with Crippen LogP contribution in [0.25, 0.3) is 0 Å². The van der Waals surface area contributed by atoms with Crippen molar-refractivity contribution in [2.45, 2.75) is 32.8 Å². The number of rotatable bonds is 5. The normalized spacial score (nSPS) is 15.5. The van der Waals surface area contributed by atoms with Gasteiger partial charge in [0, 0.05) is 25.2 Å². The maximum absolute atomic E-state index is 12.0. The summed E-state index contributed by atoms with van der Waals surface area (Å²) in [6.45, 7) is 4.51. The average molecular weight is 304 g/mol. The number of amides is 2. The lowest BCUT2D eigenvalue weighted by molar-refractivity contribution is -0.129. The monoisotopic (exact) mass is 304 g/mol. The van der Waals surface area contributed by atoms with Crippen molar-refractivity contribution in [3.05, 3.63) is 29.8 Å². The van der Waals surface area contributed by atoms with Crippen LogP contribution in [-0.4, -0.2) is 37.0 Å². The van der Waals surface area contributed by atoms with E-state index in [4.69, 9.17) is 4.74 Å². The van der Waals surface area contributed by atoms with Crippen LogP contribution in [-0.2, 0) is 14.3 Å². The fraction of sp³-hybridized carbons (Fsp3) is 0.438. The van der Waals surface area contributed by atoms with Crippen LogP contribution in [0.3, 0.4) is 0 Å². The van der Waals surface area contributed by atoms with Crippen molar-refractivity contribution in [2.75, 3.05) is 18.0 Å². The highest BCUT2D eigenvalue weighted by Gasteiger charge is 2.22. The maximum Gasteiger partial charge on any atom is 0.338 e. The van der Waals surface area contributed by atoms with Gasteiger partial charge in [0.2, 0.25) is 5.91 Å². The van der Waals surface area contributed by atoms with Crippen molar-refractivity contribution >= 4 is 23.5 Å². The number of carbonyl (C=O) groups is 3. The summed E-state index contributed by atoms with van der Waals surface area (Å²) < 4.78 is 5.11. The second-order valence-corrected chi connectivity index (χ2v) is 5.14. The van der Waals surface area contributed by atoms with Gasteiger partial charge in [-0.3, -0.25) is 9.59 Å². The smallest absolute Gasteiger partial charge is 0.338 e. The Labute approximate surface area is 129 Å². The highest BCUT2D eigenvalue weighted by Crippen LogP contribution is 2.21. The fourth-order valence-corrected chi connectivity index (χ4v) is 2.30. The molecule has 2 rings (SSSR count). The Hall–Kier alpha value is -2.37. The fourth-order valence-electron chi connectivity index (χ4n) is 2.30. The third-order valence-electron chi connectivity index (χ3n) is 3.49. The first-order valence-corrected chi connectivity index (χ1v) is 7.42. The predicted octanol–water partition coefficient (Wildman–Crippen LogP) is 1.49. The summed E-state index contributed by atoms with van der Waals surface area (Å²) in [5.74, 6) is -0.784. The summed E-state index contributed by atoms with van der Waals surface area (Å²) in [4.78, 5) is 36.9. The Morgan fingerprint density at radius 1 is 1.32 bits per heavy atom. The second-order valence-electron chi connectivity index (χ2n) is 5.14. The van der Waals surface area contributed by atoms with Crippen molar-refractivity contribution < 1.29 is 19.1 Å². The van der Waals surface area contributed by atoms with E-state index < -0.39 is 12.1 Å². The van der Waals surface area contributed by atoms with E-state index in [1.807, 2.05) is 0 Å². The van der Waals surface area contributed by atoms with Gasteiger partial charge in [0.15, 0.2) is 6.10 Å². The van der Waals surface area contributed by atoms with Crippen LogP contribution >= 0.6 is 0 Å². The van der Waals surface area contributed by atoms with Crippen molar-refractivity contribution in [2.24, 2.45) is 0 Å². The molecule has 1 fully saturated rings. The van der Waals surface area contributed by atoms with E-state index in [2.05, 4.69) is 5.32 Å². The van der Waals surface area contributed by atoms with Crippen LogP contribution in [0.15, 0.2) is 24.3 Å². The van der Waals surface area contributed by atoms with Gasteiger partial charge in [0.05, 0.1) is 5.56 Å². The molecule has 0 spiro atoms. The molecule has 1 N–H and O–H groups in total. The first kappa shape index (κ1) is 16.0. The highest BCUT2D eigenvalue weighted by atomic mass is 16.5. The largest absolute Gasteiger partial charge is 0.449 e. The van der Waals surface area contributed by atoms with Crippen LogP contribution in [0.4, 0.5) is 5.69 Å². The highest BCUT2D eigenvalue weighted by molar-refractivity contribution is 5.96. The van der Waals surface area contributed by atoms with E-state index in [1.165, 1.54) is 6.92 Å². The van der Waals surface area contributed by atoms with E-state index in [1.54, 1.807) is 36.1 Å². The second kappa shape index (κ2) is 7.06. The Morgan fingerprint density at radius 3 is 2.55 bits per heavy atom. The molecule has 6 heteroatoms. The number of hydrogen-bond acceptors (Lipinski definition) is 4. The molecular weight excluding hydrogens is 284 g/mol. The molecule has 0 aromatic heterocycles. The molecule has 0 saturated carbocycles. The molecule has 2 amide bonds. The van der Waals surface area contributed by atoms with E-state index in [0.717, 1.165) is 12.1 Å². The van der Waals surface area contributed by atoms with E-state index >= 15 is 0 Å². The summed E-state index contributed by atoms with van der Waals surface area (Å²) in [5.41, 5.74) is 1.13. The number of likely N-dealkylation sites (N-methyl/N-ethyl adjacent to an activating group) is 1. The molecule has 0 radical (unpaired) electrons. The number of hydrogen-bond donors (Lipinski definition) is 1. The van der Waals surface area contributed by atoms with Gasteiger partial charge in [-0.05, 0) is 44.5 Å². The summed E-state index contributed by atoms with van der Waals surface area (Å²) in [7, 11) is 0. The van der Waals surface area contributed by atoms with Crippen LogP contribution in [0.2, 0.25) is 0 Å². The number of ether oxygens (including phenoxy) is 1. The summed E-state index contributed by atoms with van der Waals surface area (Å²) in [6, 6.07) is 6.65. The Balaban J connectivity index is 1.99. The van der Waals surface area contributed by atoms with Gasteiger partial charge in [-0.2, -0.15) is 0 Å². The molecule has 1 saturated heterocycles. The molecule has 1 aliphatic rings. The van der Waals surface area contributed by atoms with Gasteiger partial charge in [0.25, 0.3) is 5.91 Å². The minimum absolute atomic E-state index is 0.0974. The average Bonchev–Trinajstić information content (AvgIpc) is 2.93. The number of nitrogens with one attached hydrogen (secondary N) is 1. The third kappa shape index (κ3) is 3.63. The molecule has 1 aromatic carbocycles. The molecule has 1 heterocycles. The van der Waals surface area contributed by atoms with Crippen LogP contribution < -0.4 is 10.2 Å². The summed E-state index contributed by atoms with van der Waals surface area (Å²) >= 11 is 0. The Morgan fingerprint density at radius 2 is 2.00 bits per heavy atom. The summed E-state index contributed by atoms with van der Waals surface area (Å²) in [5, 5.41) is 2.59. The molecule has 1 aliphatic heterocycles. The van der Waals surface area contributed by atoms with Gasteiger partial charge in [-0.25, -0.2) is 4.79 Å².